The van der Waals surface area contributed by atoms with E-state index in [2.05, 4.69) is 24.4 Å². The lowest BCUT2D eigenvalue weighted by Crippen LogP contribution is -2.11. The zero-order valence-electron chi connectivity index (χ0n) is 11.1. The Morgan fingerprint density at radius 3 is 2.79 bits per heavy atom. The Morgan fingerprint density at radius 1 is 1.32 bits per heavy atom. The Labute approximate surface area is 117 Å². The molecule has 0 unspecified atom stereocenters. The van der Waals surface area contributed by atoms with Crippen LogP contribution in [0.1, 0.15) is 23.8 Å². The van der Waals surface area contributed by atoms with Gasteiger partial charge in [0.15, 0.2) is 0 Å². The summed E-state index contributed by atoms with van der Waals surface area (Å²) in [5.74, 6) is 0.880. The Balaban J connectivity index is 2.22. The third-order valence-electron chi connectivity index (χ3n) is 2.77. The van der Waals surface area contributed by atoms with Gasteiger partial charge in [-0.15, -0.1) is 0 Å². The van der Waals surface area contributed by atoms with Crippen molar-refractivity contribution >= 4 is 11.8 Å². The SMILES string of the molecule is CCNCc1ccc(Sc2ccoc2C)c(C#N)c1. The van der Waals surface area contributed by atoms with Gasteiger partial charge < -0.3 is 9.73 Å². The Kier molecular flexibility index (Phi) is 4.67. The monoisotopic (exact) mass is 272 g/mol. The van der Waals surface area contributed by atoms with Crippen LogP contribution in [0.4, 0.5) is 0 Å². The van der Waals surface area contributed by atoms with Crippen LogP contribution < -0.4 is 5.32 Å². The van der Waals surface area contributed by atoms with E-state index in [-0.39, 0.29) is 0 Å². The number of hydrogen-bond acceptors (Lipinski definition) is 4. The fourth-order valence-corrected chi connectivity index (χ4v) is 2.63. The molecule has 1 heterocycles. The number of nitriles is 1. The van der Waals surface area contributed by atoms with Crippen molar-refractivity contribution in [1.82, 2.24) is 5.32 Å². The maximum Gasteiger partial charge on any atom is 0.114 e. The van der Waals surface area contributed by atoms with Crippen LogP contribution in [0.15, 0.2) is 44.7 Å². The lowest BCUT2D eigenvalue weighted by molar-refractivity contribution is 0.527. The normalized spacial score (nSPS) is 10.4. The first-order valence-electron chi connectivity index (χ1n) is 6.20. The molecule has 0 atom stereocenters. The molecule has 0 saturated heterocycles. The molecule has 98 valence electrons. The number of benzene rings is 1. The number of furan rings is 1. The third kappa shape index (κ3) is 3.40. The molecule has 0 radical (unpaired) electrons. The van der Waals surface area contributed by atoms with Crippen molar-refractivity contribution < 1.29 is 4.42 Å². The summed E-state index contributed by atoms with van der Waals surface area (Å²) >= 11 is 1.57. The highest BCUT2D eigenvalue weighted by Gasteiger charge is 2.08. The number of hydrogen-bond donors (Lipinski definition) is 1. The van der Waals surface area contributed by atoms with Crippen molar-refractivity contribution in [3.63, 3.8) is 0 Å². The van der Waals surface area contributed by atoms with E-state index >= 15 is 0 Å². The van der Waals surface area contributed by atoms with Crippen LogP contribution in [0.3, 0.4) is 0 Å². The van der Waals surface area contributed by atoms with Crippen LogP contribution in [0.25, 0.3) is 0 Å². The molecule has 0 bridgehead atoms. The first-order valence-corrected chi connectivity index (χ1v) is 7.02. The topological polar surface area (TPSA) is 49.0 Å². The van der Waals surface area contributed by atoms with Crippen molar-refractivity contribution in [1.29, 1.82) is 5.26 Å². The van der Waals surface area contributed by atoms with Gasteiger partial charge in [-0.2, -0.15) is 5.26 Å². The number of aryl methyl sites for hydroxylation is 1. The highest BCUT2D eigenvalue weighted by molar-refractivity contribution is 7.99. The predicted molar refractivity (Wildman–Crippen MR) is 76.1 cm³/mol. The summed E-state index contributed by atoms with van der Waals surface area (Å²) in [5.41, 5.74) is 1.84. The molecule has 0 aliphatic rings. The van der Waals surface area contributed by atoms with Crippen LogP contribution >= 0.6 is 11.8 Å². The third-order valence-corrected chi connectivity index (χ3v) is 3.99. The molecule has 0 aliphatic heterocycles. The molecule has 4 heteroatoms. The molecule has 2 aromatic rings. The minimum atomic E-state index is 0.709. The molecule has 1 aromatic heterocycles. The summed E-state index contributed by atoms with van der Waals surface area (Å²) in [4.78, 5) is 2.02. The van der Waals surface area contributed by atoms with Crippen LogP contribution in [0.2, 0.25) is 0 Å². The maximum atomic E-state index is 9.26. The second-order valence-electron chi connectivity index (χ2n) is 4.17. The minimum absolute atomic E-state index is 0.709. The maximum absolute atomic E-state index is 9.26. The fourth-order valence-electron chi connectivity index (χ4n) is 1.73. The van der Waals surface area contributed by atoms with Gasteiger partial charge in [0, 0.05) is 11.4 Å². The Hall–Kier alpha value is -1.70. The smallest absolute Gasteiger partial charge is 0.114 e. The molecular formula is C15H16N2OS. The molecule has 2 rings (SSSR count). The summed E-state index contributed by atoms with van der Waals surface area (Å²) in [5, 5.41) is 12.5. The zero-order valence-corrected chi connectivity index (χ0v) is 11.9. The van der Waals surface area contributed by atoms with Gasteiger partial charge >= 0.3 is 0 Å². The van der Waals surface area contributed by atoms with Crippen LogP contribution in [0.5, 0.6) is 0 Å². The molecular weight excluding hydrogens is 256 g/mol. The van der Waals surface area contributed by atoms with Gasteiger partial charge in [-0.25, -0.2) is 0 Å². The average Bonchev–Trinajstić information content (AvgIpc) is 2.83. The highest BCUT2D eigenvalue weighted by Crippen LogP contribution is 2.33. The van der Waals surface area contributed by atoms with Gasteiger partial charge in [-0.1, -0.05) is 24.8 Å². The molecule has 0 aliphatic carbocycles. The summed E-state index contributed by atoms with van der Waals surface area (Å²) in [6.45, 7) is 5.71. The van der Waals surface area contributed by atoms with Gasteiger partial charge in [-0.3, -0.25) is 0 Å². The van der Waals surface area contributed by atoms with Gasteiger partial charge in [0.1, 0.15) is 11.8 Å². The summed E-state index contributed by atoms with van der Waals surface area (Å²) in [6, 6.07) is 10.2. The van der Waals surface area contributed by atoms with E-state index in [1.807, 2.05) is 25.1 Å². The molecule has 0 saturated carbocycles. The van der Waals surface area contributed by atoms with Crippen LogP contribution in [0, 0.1) is 18.3 Å². The first-order chi connectivity index (χ1) is 9.24. The number of rotatable bonds is 5. The molecule has 0 spiro atoms. The summed E-state index contributed by atoms with van der Waals surface area (Å²) in [6.07, 6.45) is 1.67. The number of nitrogens with zero attached hydrogens (tertiary/aromatic N) is 1. The quantitative estimate of drug-likeness (QED) is 0.901. The summed E-state index contributed by atoms with van der Waals surface area (Å²) < 4.78 is 5.27. The minimum Gasteiger partial charge on any atom is -0.468 e. The molecule has 3 nitrogen and oxygen atoms in total. The largest absolute Gasteiger partial charge is 0.468 e. The molecule has 0 amide bonds. The average molecular weight is 272 g/mol. The Morgan fingerprint density at radius 2 is 2.16 bits per heavy atom. The van der Waals surface area contributed by atoms with Crippen molar-refractivity contribution in [2.24, 2.45) is 0 Å². The predicted octanol–water partition coefficient (Wildman–Crippen LogP) is 3.72. The van der Waals surface area contributed by atoms with Gasteiger partial charge in [-0.05, 0) is 37.2 Å². The highest BCUT2D eigenvalue weighted by atomic mass is 32.2. The fraction of sp³-hybridized carbons (Fsp3) is 0.267. The van der Waals surface area contributed by atoms with Gasteiger partial charge in [0.05, 0.1) is 16.7 Å². The molecule has 1 N–H and O–H groups in total. The lowest BCUT2D eigenvalue weighted by Gasteiger charge is -2.06. The zero-order chi connectivity index (χ0) is 13.7. The van der Waals surface area contributed by atoms with E-state index < -0.39 is 0 Å². The number of nitrogens with one attached hydrogen (secondary N) is 1. The van der Waals surface area contributed by atoms with E-state index in [1.165, 1.54) is 0 Å². The van der Waals surface area contributed by atoms with E-state index in [0.29, 0.717) is 5.56 Å². The second-order valence-corrected chi connectivity index (χ2v) is 5.25. The summed E-state index contributed by atoms with van der Waals surface area (Å²) in [7, 11) is 0. The van der Waals surface area contributed by atoms with E-state index in [9.17, 15) is 5.26 Å². The second kappa shape index (κ2) is 6.46. The first kappa shape index (κ1) is 13.7. The van der Waals surface area contributed by atoms with Crippen LogP contribution in [-0.2, 0) is 6.54 Å². The van der Waals surface area contributed by atoms with Crippen LogP contribution in [-0.4, -0.2) is 6.54 Å². The standard InChI is InChI=1S/C15H16N2OS/c1-3-17-10-12-4-5-15(13(8-12)9-16)19-14-6-7-18-11(14)2/h4-8,17H,3,10H2,1-2H3. The Bertz CT molecular complexity index is 598. The van der Waals surface area contributed by atoms with E-state index in [4.69, 9.17) is 4.42 Å². The van der Waals surface area contributed by atoms with Gasteiger partial charge in [0.2, 0.25) is 0 Å². The van der Waals surface area contributed by atoms with Crippen molar-refractivity contribution in [2.45, 2.75) is 30.2 Å². The lowest BCUT2D eigenvalue weighted by atomic mass is 10.1. The van der Waals surface area contributed by atoms with E-state index in [1.54, 1.807) is 18.0 Å². The van der Waals surface area contributed by atoms with Gasteiger partial charge in [0.25, 0.3) is 0 Å². The van der Waals surface area contributed by atoms with Crippen molar-refractivity contribution in [2.75, 3.05) is 6.54 Å². The van der Waals surface area contributed by atoms with Crippen molar-refractivity contribution in [3.8, 4) is 6.07 Å². The molecule has 1 aromatic carbocycles. The molecule has 19 heavy (non-hydrogen) atoms. The van der Waals surface area contributed by atoms with Crippen molar-refractivity contribution in [3.05, 3.63) is 47.4 Å². The molecule has 0 fully saturated rings. The van der Waals surface area contributed by atoms with E-state index in [0.717, 1.165) is 34.2 Å².